The SMILES string of the molecule is CCc1cc([N+](=O)[O-])c([P+](=O)O)cc1Oc1c(Cl)cc(C(F)(F)F)cc1Cl. The van der Waals surface area contributed by atoms with Gasteiger partial charge in [0.1, 0.15) is 5.75 Å². The average Bonchev–Trinajstić information content (AvgIpc) is 2.56. The molecule has 0 radical (unpaired) electrons. The Labute approximate surface area is 161 Å². The van der Waals surface area contributed by atoms with E-state index in [1.165, 1.54) is 0 Å². The van der Waals surface area contributed by atoms with Crippen LogP contribution in [0.3, 0.4) is 0 Å². The monoisotopic (exact) mass is 442 g/mol. The fraction of sp³-hybridized carbons (Fsp3) is 0.200. The summed E-state index contributed by atoms with van der Waals surface area (Å²) in [6.45, 7) is 1.64. The van der Waals surface area contributed by atoms with E-state index in [-0.39, 0.29) is 23.5 Å². The van der Waals surface area contributed by atoms with E-state index in [0.717, 1.165) is 12.1 Å². The number of alkyl halides is 3. The molecule has 0 saturated carbocycles. The Balaban J connectivity index is 2.59. The molecule has 2 aromatic rings. The van der Waals surface area contributed by atoms with E-state index in [9.17, 15) is 32.7 Å². The molecule has 0 aliphatic heterocycles. The van der Waals surface area contributed by atoms with Crippen LogP contribution in [0.1, 0.15) is 18.1 Å². The summed E-state index contributed by atoms with van der Waals surface area (Å²) in [7, 11) is -3.08. The quantitative estimate of drug-likeness (QED) is 0.367. The molecular formula is C15H10Cl2F3NO5P+. The molecule has 0 aromatic heterocycles. The Morgan fingerprint density at radius 2 is 1.78 bits per heavy atom. The smallest absolute Gasteiger partial charge is 0.454 e. The van der Waals surface area contributed by atoms with E-state index >= 15 is 0 Å². The van der Waals surface area contributed by atoms with E-state index in [0.29, 0.717) is 12.1 Å². The molecule has 0 bridgehead atoms. The second-order valence-corrected chi connectivity index (χ2v) is 7.04. The van der Waals surface area contributed by atoms with Gasteiger partial charge in [0.2, 0.25) is 0 Å². The number of hydrogen-bond donors (Lipinski definition) is 1. The number of ether oxygens (including phenoxy) is 1. The minimum absolute atomic E-state index is 0.0842. The molecule has 0 aliphatic rings. The van der Waals surface area contributed by atoms with Gasteiger partial charge >= 0.3 is 25.2 Å². The zero-order valence-electron chi connectivity index (χ0n) is 13.4. The maximum atomic E-state index is 12.8. The van der Waals surface area contributed by atoms with Crippen molar-refractivity contribution in [2.24, 2.45) is 0 Å². The third-order valence-electron chi connectivity index (χ3n) is 3.48. The Hall–Kier alpha value is -1.93. The molecule has 0 spiro atoms. The van der Waals surface area contributed by atoms with Crippen LogP contribution in [0.4, 0.5) is 18.9 Å². The number of nitrogens with zero attached hydrogens (tertiary/aromatic N) is 1. The van der Waals surface area contributed by atoms with Crippen LogP contribution in [0.5, 0.6) is 11.5 Å². The molecule has 12 heteroatoms. The molecule has 1 N–H and O–H groups in total. The van der Waals surface area contributed by atoms with Crippen molar-refractivity contribution < 1.29 is 32.3 Å². The molecule has 0 heterocycles. The lowest BCUT2D eigenvalue weighted by Gasteiger charge is -2.15. The van der Waals surface area contributed by atoms with Gasteiger partial charge in [0.25, 0.3) is 0 Å². The number of aryl methyl sites for hydroxylation is 1. The Morgan fingerprint density at radius 3 is 2.19 bits per heavy atom. The van der Waals surface area contributed by atoms with E-state index in [2.05, 4.69) is 0 Å². The highest BCUT2D eigenvalue weighted by molar-refractivity contribution is 7.47. The van der Waals surface area contributed by atoms with Gasteiger partial charge in [0.15, 0.2) is 5.75 Å². The topological polar surface area (TPSA) is 89.7 Å². The molecule has 1 unspecified atom stereocenters. The van der Waals surface area contributed by atoms with Crippen LogP contribution in [0.25, 0.3) is 0 Å². The molecule has 27 heavy (non-hydrogen) atoms. The first-order valence-corrected chi connectivity index (χ1v) is 9.14. The number of nitro benzene ring substituents is 1. The predicted molar refractivity (Wildman–Crippen MR) is 93.5 cm³/mol. The van der Waals surface area contributed by atoms with E-state index < -0.39 is 45.7 Å². The fourth-order valence-corrected chi connectivity index (χ4v) is 3.34. The second-order valence-electron chi connectivity index (χ2n) is 5.20. The Bertz CT molecular complexity index is 913. The fourth-order valence-electron chi connectivity index (χ4n) is 2.20. The summed E-state index contributed by atoms with van der Waals surface area (Å²) in [5.74, 6) is -0.395. The standard InChI is InChI=1S/C15H9Cl2F3NO5P/c1-2-7-3-11(21(22)23)13(27(24)25)6-12(7)26-14-9(16)4-8(5-10(14)17)15(18,19)20/h3-6H,2H2,1H3/p+1. The van der Waals surface area contributed by atoms with E-state index in [1.54, 1.807) is 6.92 Å². The number of benzene rings is 2. The third kappa shape index (κ3) is 4.68. The van der Waals surface area contributed by atoms with Crippen molar-refractivity contribution in [3.63, 3.8) is 0 Å². The van der Waals surface area contributed by atoms with Crippen molar-refractivity contribution in [2.45, 2.75) is 19.5 Å². The van der Waals surface area contributed by atoms with Crippen molar-refractivity contribution in [2.75, 3.05) is 0 Å². The van der Waals surface area contributed by atoms with Crippen molar-refractivity contribution >= 4 is 42.2 Å². The van der Waals surface area contributed by atoms with Crippen LogP contribution >= 0.6 is 31.2 Å². The van der Waals surface area contributed by atoms with Crippen LogP contribution in [-0.2, 0) is 17.2 Å². The van der Waals surface area contributed by atoms with E-state index in [4.69, 9.17) is 27.9 Å². The normalized spacial score (nSPS) is 12.0. The molecule has 0 saturated heterocycles. The van der Waals surface area contributed by atoms with Gasteiger partial charge in [-0.1, -0.05) is 30.1 Å². The number of nitro groups is 1. The highest BCUT2D eigenvalue weighted by atomic mass is 35.5. The van der Waals surface area contributed by atoms with E-state index in [1.807, 2.05) is 0 Å². The Morgan fingerprint density at radius 1 is 1.22 bits per heavy atom. The summed E-state index contributed by atoms with van der Waals surface area (Å²) in [6, 6.07) is 3.26. The lowest BCUT2D eigenvalue weighted by atomic mass is 10.1. The first-order chi connectivity index (χ1) is 12.5. The molecule has 2 rings (SSSR count). The Kier molecular flexibility index (Phi) is 6.32. The summed E-state index contributed by atoms with van der Waals surface area (Å²) >= 11 is 11.7. The van der Waals surface area contributed by atoms with Crippen LogP contribution in [-0.4, -0.2) is 9.82 Å². The van der Waals surface area contributed by atoms with Crippen LogP contribution < -0.4 is 10.0 Å². The zero-order chi connectivity index (χ0) is 20.5. The predicted octanol–water partition coefficient (Wildman–Crippen LogP) is 5.64. The molecule has 0 aliphatic carbocycles. The lowest BCUT2D eigenvalue weighted by Crippen LogP contribution is -2.08. The second kappa shape index (κ2) is 7.98. The highest BCUT2D eigenvalue weighted by Crippen LogP contribution is 2.43. The molecular weight excluding hydrogens is 433 g/mol. The zero-order valence-corrected chi connectivity index (χ0v) is 15.8. The van der Waals surface area contributed by atoms with Gasteiger partial charge in [-0.15, -0.1) is 0 Å². The molecule has 2 aromatic carbocycles. The maximum Gasteiger partial charge on any atom is 0.553 e. The molecule has 6 nitrogen and oxygen atoms in total. The van der Waals surface area contributed by atoms with Crippen molar-refractivity contribution in [3.8, 4) is 11.5 Å². The number of halogens is 5. The van der Waals surface area contributed by atoms with Gasteiger partial charge < -0.3 is 4.74 Å². The van der Waals surface area contributed by atoms with Gasteiger partial charge in [0.05, 0.1) is 20.5 Å². The number of hydrogen-bond acceptors (Lipinski definition) is 4. The van der Waals surface area contributed by atoms with Gasteiger partial charge in [-0.25, -0.2) is 0 Å². The van der Waals surface area contributed by atoms with Crippen molar-refractivity contribution in [3.05, 3.63) is 55.6 Å². The largest absolute Gasteiger partial charge is 0.553 e. The summed E-state index contributed by atoms with van der Waals surface area (Å²) in [5.41, 5.74) is -1.38. The summed E-state index contributed by atoms with van der Waals surface area (Å²) < 4.78 is 55.3. The molecule has 0 amide bonds. The van der Waals surface area contributed by atoms with Gasteiger partial charge in [-0.3, -0.25) is 10.1 Å². The highest BCUT2D eigenvalue weighted by Gasteiger charge is 2.34. The minimum atomic E-state index is -4.67. The van der Waals surface area contributed by atoms with Crippen molar-refractivity contribution in [1.82, 2.24) is 0 Å². The minimum Gasteiger partial charge on any atom is -0.454 e. The summed E-state index contributed by atoms with van der Waals surface area (Å²) in [6.07, 6.45) is -4.44. The van der Waals surface area contributed by atoms with Crippen molar-refractivity contribution in [1.29, 1.82) is 0 Å². The molecule has 0 fully saturated rings. The maximum absolute atomic E-state index is 12.8. The van der Waals surface area contributed by atoms with Gasteiger partial charge in [-0.05, 0) is 23.1 Å². The third-order valence-corrected chi connectivity index (χ3v) is 4.81. The van der Waals surface area contributed by atoms with Crippen LogP contribution in [0, 0.1) is 10.1 Å². The summed E-state index contributed by atoms with van der Waals surface area (Å²) in [4.78, 5) is 19.6. The van der Waals surface area contributed by atoms with Gasteiger partial charge in [-0.2, -0.15) is 18.1 Å². The molecule has 1 atom stereocenters. The van der Waals surface area contributed by atoms with Gasteiger partial charge in [0, 0.05) is 17.7 Å². The van der Waals surface area contributed by atoms with Crippen LogP contribution in [0.15, 0.2) is 24.3 Å². The average molecular weight is 443 g/mol. The molecule has 144 valence electrons. The first kappa shape index (κ1) is 21.4. The summed E-state index contributed by atoms with van der Waals surface area (Å²) in [5, 5.41) is 9.70. The van der Waals surface area contributed by atoms with Crippen LogP contribution in [0.2, 0.25) is 10.0 Å². The lowest BCUT2D eigenvalue weighted by molar-refractivity contribution is -0.383. The number of rotatable bonds is 5. The first-order valence-electron chi connectivity index (χ1n) is 7.17.